The first kappa shape index (κ1) is 9.52. The number of hydrogen-bond donors (Lipinski definition) is 0. The highest BCUT2D eigenvalue weighted by Gasteiger charge is 2.14. The van der Waals surface area contributed by atoms with Gasteiger partial charge in [0, 0.05) is 4.75 Å². The molecule has 1 aromatic heterocycles. The zero-order valence-corrected chi connectivity index (χ0v) is 8.85. The van der Waals surface area contributed by atoms with Gasteiger partial charge in [-0.2, -0.15) is 0 Å². The van der Waals surface area contributed by atoms with Crippen molar-refractivity contribution in [3.63, 3.8) is 0 Å². The molecule has 0 aliphatic heterocycles. The summed E-state index contributed by atoms with van der Waals surface area (Å²) >= 11 is 1.78. The van der Waals surface area contributed by atoms with E-state index in [0.29, 0.717) is 0 Å². The van der Waals surface area contributed by atoms with E-state index >= 15 is 0 Å². The lowest BCUT2D eigenvalue weighted by atomic mass is 10.3. The average Bonchev–Trinajstić information content (AvgIpc) is 1.82. The Hall–Kier alpha value is -0.570. The number of hydrogen-bond acceptors (Lipinski definition) is 2. The fourth-order valence-corrected chi connectivity index (χ4v) is 1.79. The van der Waals surface area contributed by atoms with Crippen LogP contribution in [0, 0.1) is 0 Å². The molecule has 3 heteroatoms. The lowest BCUT2D eigenvalue weighted by molar-refractivity contribution is -0.674. The van der Waals surface area contributed by atoms with Crippen molar-refractivity contribution in [1.82, 2.24) is 4.98 Å². The van der Waals surface area contributed by atoms with Gasteiger partial charge < -0.3 is 0 Å². The Balaban J connectivity index is 2.77. The monoisotopic (exact) mass is 183 g/mol. The molecular formula is C9H15N2S+. The van der Waals surface area contributed by atoms with Crippen LogP contribution in [-0.4, -0.2) is 9.73 Å². The second-order valence-electron chi connectivity index (χ2n) is 3.77. The van der Waals surface area contributed by atoms with Gasteiger partial charge in [-0.1, -0.05) is 32.5 Å². The fourth-order valence-electron chi connectivity index (χ4n) is 0.829. The number of thioether (sulfide) groups is 1. The Kier molecular flexibility index (Phi) is 2.73. The standard InChI is InChI=1S/C9H15N2S/c1-9(2,3)12-8-7-11(4)6-5-10-8/h5-7H,1-4H3/q+1. The Morgan fingerprint density at radius 3 is 2.58 bits per heavy atom. The molecule has 2 nitrogen and oxygen atoms in total. The molecule has 1 heterocycles. The van der Waals surface area contributed by atoms with Crippen LogP contribution in [0.5, 0.6) is 0 Å². The molecule has 0 amide bonds. The molecule has 0 unspecified atom stereocenters. The van der Waals surface area contributed by atoms with Crippen molar-refractivity contribution in [1.29, 1.82) is 0 Å². The largest absolute Gasteiger partial charge is 0.237 e. The Morgan fingerprint density at radius 1 is 1.42 bits per heavy atom. The second kappa shape index (κ2) is 3.44. The van der Waals surface area contributed by atoms with Gasteiger partial charge >= 0.3 is 0 Å². The van der Waals surface area contributed by atoms with Gasteiger partial charge in [0.05, 0.1) is 6.20 Å². The van der Waals surface area contributed by atoms with Gasteiger partial charge in [-0.25, -0.2) is 9.55 Å². The highest BCUT2D eigenvalue weighted by atomic mass is 32.2. The topological polar surface area (TPSA) is 16.8 Å². The van der Waals surface area contributed by atoms with E-state index < -0.39 is 0 Å². The van der Waals surface area contributed by atoms with Crippen molar-refractivity contribution in [2.24, 2.45) is 7.05 Å². The third-order valence-electron chi connectivity index (χ3n) is 1.23. The van der Waals surface area contributed by atoms with Crippen molar-refractivity contribution in [3.05, 3.63) is 18.6 Å². The Morgan fingerprint density at radius 2 is 2.08 bits per heavy atom. The molecule has 0 aliphatic rings. The predicted molar refractivity (Wildman–Crippen MR) is 51.0 cm³/mol. The molecule has 1 aromatic rings. The van der Waals surface area contributed by atoms with Gasteiger partial charge in [-0.05, 0) is 0 Å². The zero-order chi connectivity index (χ0) is 9.19. The molecule has 0 saturated carbocycles. The van der Waals surface area contributed by atoms with Gasteiger partial charge in [0.2, 0.25) is 6.20 Å². The molecule has 0 bridgehead atoms. The van der Waals surface area contributed by atoms with E-state index in [4.69, 9.17) is 0 Å². The van der Waals surface area contributed by atoms with Gasteiger partial charge in [0.15, 0.2) is 11.2 Å². The van der Waals surface area contributed by atoms with E-state index in [2.05, 4.69) is 25.8 Å². The molecule has 0 saturated heterocycles. The molecule has 0 aromatic carbocycles. The Labute approximate surface area is 78.0 Å². The van der Waals surface area contributed by atoms with E-state index in [1.165, 1.54) is 0 Å². The van der Waals surface area contributed by atoms with Crippen LogP contribution in [0.2, 0.25) is 0 Å². The number of rotatable bonds is 1. The molecule has 1 rings (SSSR count). The predicted octanol–water partition coefficient (Wildman–Crippen LogP) is 1.80. The van der Waals surface area contributed by atoms with Crippen molar-refractivity contribution >= 4 is 11.8 Å². The van der Waals surface area contributed by atoms with Gasteiger partial charge in [-0.15, -0.1) is 0 Å². The summed E-state index contributed by atoms with van der Waals surface area (Å²) in [5.41, 5.74) is 0. The van der Waals surface area contributed by atoms with E-state index in [0.717, 1.165) is 5.03 Å². The van der Waals surface area contributed by atoms with Crippen molar-refractivity contribution in [2.75, 3.05) is 0 Å². The maximum atomic E-state index is 4.27. The van der Waals surface area contributed by atoms with E-state index in [9.17, 15) is 0 Å². The lowest BCUT2D eigenvalue weighted by Crippen LogP contribution is -2.27. The molecule has 0 N–H and O–H groups in total. The fraction of sp³-hybridized carbons (Fsp3) is 0.556. The molecular weight excluding hydrogens is 168 g/mol. The number of aromatic nitrogens is 2. The summed E-state index contributed by atoms with van der Waals surface area (Å²) in [5.74, 6) is 0. The lowest BCUT2D eigenvalue weighted by Gasteiger charge is -2.15. The molecule has 12 heavy (non-hydrogen) atoms. The molecule has 0 atom stereocenters. The maximum Gasteiger partial charge on any atom is 0.201 e. The van der Waals surface area contributed by atoms with Crippen LogP contribution in [0.3, 0.4) is 0 Å². The number of aryl methyl sites for hydroxylation is 1. The highest BCUT2D eigenvalue weighted by Crippen LogP contribution is 2.28. The summed E-state index contributed by atoms with van der Waals surface area (Å²) in [5, 5.41) is 1.08. The first-order valence-corrected chi connectivity index (χ1v) is 4.79. The molecule has 66 valence electrons. The van der Waals surface area contributed by atoms with Gasteiger partial charge in [0.1, 0.15) is 7.05 Å². The van der Waals surface area contributed by atoms with Crippen LogP contribution in [0.15, 0.2) is 23.6 Å². The van der Waals surface area contributed by atoms with Crippen LogP contribution in [-0.2, 0) is 7.05 Å². The molecule has 0 radical (unpaired) electrons. The average molecular weight is 183 g/mol. The second-order valence-corrected chi connectivity index (χ2v) is 5.62. The summed E-state index contributed by atoms with van der Waals surface area (Å²) < 4.78 is 2.25. The summed E-state index contributed by atoms with van der Waals surface area (Å²) in [6.45, 7) is 6.56. The zero-order valence-electron chi connectivity index (χ0n) is 8.03. The van der Waals surface area contributed by atoms with Crippen LogP contribution in [0.4, 0.5) is 0 Å². The van der Waals surface area contributed by atoms with Crippen molar-refractivity contribution < 1.29 is 4.57 Å². The highest BCUT2D eigenvalue weighted by molar-refractivity contribution is 8.00. The smallest absolute Gasteiger partial charge is 0.201 e. The minimum atomic E-state index is 0.237. The van der Waals surface area contributed by atoms with E-state index in [1.807, 2.05) is 30.2 Å². The van der Waals surface area contributed by atoms with E-state index in [-0.39, 0.29) is 4.75 Å². The normalized spacial score (nSPS) is 11.7. The van der Waals surface area contributed by atoms with Crippen molar-refractivity contribution in [3.8, 4) is 0 Å². The Bertz CT molecular complexity index is 265. The summed E-state index contributed by atoms with van der Waals surface area (Å²) in [4.78, 5) is 4.27. The SMILES string of the molecule is C[n+]1ccnc(SC(C)(C)C)c1. The van der Waals surface area contributed by atoms with Crippen LogP contribution >= 0.6 is 11.8 Å². The third-order valence-corrected chi connectivity index (χ3v) is 2.26. The summed E-state index contributed by atoms with van der Waals surface area (Å²) in [7, 11) is 2.01. The first-order chi connectivity index (χ1) is 5.47. The molecule has 0 spiro atoms. The van der Waals surface area contributed by atoms with Crippen LogP contribution in [0.25, 0.3) is 0 Å². The molecule has 0 aliphatic carbocycles. The summed E-state index contributed by atoms with van der Waals surface area (Å²) in [6.07, 6.45) is 5.80. The minimum Gasteiger partial charge on any atom is -0.237 e. The molecule has 0 fully saturated rings. The minimum absolute atomic E-state index is 0.237. The van der Waals surface area contributed by atoms with Crippen molar-refractivity contribution in [2.45, 2.75) is 30.5 Å². The van der Waals surface area contributed by atoms with Crippen LogP contribution < -0.4 is 4.57 Å². The quantitative estimate of drug-likeness (QED) is 0.488. The first-order valence-electron chi connectivity index (χ1n) is 3.98. The summed E-state index contributed by atoms with van der Waals surface area (Å²) in [6, 6.07) is 0. The number of nitrogens with zero attached hydrogens (tertiary/aromatic N) is 2. The van der Waals surface area contributed by atoms with E-state index in [1.54, 1.807) is 11.8 Å². The van der Waals surface area contributed by atoms with Gasteiger partial charge in [0.25, 0.3) is 0 Å². The van der Waals surface area contributed by atoms with Gasteiger partial charge in [-0.3, -0.25) is 0 Å². The van der Waals surface area contributed by atoms with Crippen LogP contribution in [0.1, 0.15) is 20.8 Å². The third kappa shape index (κ3) is 3.22. The maximum absolute atomic E-state index is 4.27.